The van der Waals surface area contributed by atoms with E-state index in [-0.39, 0.29) is 23.7 Å². The van der Waals surface area contributed by atoms with Gasteiger partial charge < -0.3 is 10.5 Å². The molecule has 0 spiro atoms. The monoisotopic (exact) mass is 376 g/mol. The van der Waals surface area contributed by atoms with E-state index in [9.17, 15) is 18.0 Å². The second-order valence-electron chi connectivity index (χ2n) is 5.52. The van der Waals surface area contributed by atoms with Gasteiger partial charge in [0.05, 0.1) is 24.2 Å². The van der Waals surface area contributed by atoms with E-state index >= 15 is 0 Å². The van der Waals surface area contributed by atoms with Crippen molar-refractivity contribution in [3.8, 4) is 22.8 Å². The van der Waals surface area contributed by atoms with Crippen molar-refractivity contribution in [2.45, 2.75) is 13.1 Å². The van der Waals surface area contributed by atoms with Crippen molar-refractivity contribution in [2.75, 3.05) is 6.61 Å². The van der Waals surface area contributed by atoms with Crippen molar-refractivity contribution in [1.82, 2.24) is 14.8 Å². The molecule has 0 bridgehead atoms. The molecule has 0 fully saturated rings. The van der Waals surface area contributed by atoms with Crippen LogP contribution in [0.15, 0.2) is 48.7 Å². The average molecular weight is 376 g/mol. The summed E-state index contributed by atoms with van der Waals surface area (Å²) in [6.45, 7) is 1.84. The molecule has 0 saturated carbocycles. The summed E-state index contributed by atoms with van der Waals surface area (Å²) in [7, 11) is 0. The lowest BCUT2D eigenvalue weighted by molar-refractivity contribution is -0.142. The fourth-order valence-corrected chi connectivity index (χ4v) is 2.57. The largest absolute Gasteiger partial charge is 0.477 e. The van der Waals surface area contributed by atoms with Crippen LogP contribution < -0.4 is 10.5 Å². The third kappa shape index (κ3) is 3.76. The summed E-state index contributed by atoms with van der Waals surface area (Å²) in [5.41, 5.74) is 5.64. The van der Waals surface area contributed by atoms with E-state index in [1.54, 1.807) is 31.2 Å². The first-order valence-electron chi connectivity index (χ1n) is 7.97. The molecule has 1 aromatic carbocycles. The number of carbonyl (C=O) groups is 1. The number of carbonyl (C=O) groups excluding carboxylic acids is 1. The number of hydrogen-bond donors (Lipinski definition) is 1. The number of rotatable bonds is 5. The maximum absolute atomic E-state index is 13.3. The Hall–Kier alpha value is -3.36. The molecule has 2 aromatic heterocycles. The lowest BCUT2D eigenvalue weighted by Crippen LogP contribution is -2.14. The number of nitrogens with zero attached hydrogens (tertiary/aromatic N) is 3. The van der Waals surface area contributed by atoms with Crippen LogP contribution in [-0.4, -0.2) is 27.3 Å². The van der Waals surface area contributed by atoms with Crippen LogP contribution in [0, 0.1) is 0 Å². The molecule has 2 heterocycles. The lowest BCUT2D eigenvalue weighted by Gasteiger charge is -2.11. The topological polar surface area (TPSA) is 83.0 Å². The highest BCUT2D eigenvalue weighted by molar-refractivity contribution is 5.99. The summed E-state index contributed by atoms with van der Waals surface area (Å²) in [6, 6.07) is 10.3. The Morgan fingerprint density at radius 1 is 1.22 bits per heavy atom. The molecule has 0 saturated heterocycles. The van der Waals surface area contributed by atoms with Crippen LogP contribution in [-0.2, 0) is 6.18 Å². The molecule has 27 heavy (non-hydrogen) atoms. The molecule has 0 aliphatic carbocycles. The zero-order valence-corrected chi connectivity index (χ0v) is 14.2. The van der Waals surface area contributed by atoms with Crippen LogP contribution in [0.3, 0.4) is 0 Å². The Labute approximate surface area is 152 Å². The molecule has 0 unspecified atom stereocenters. The highest BCUT2D eigenvalue weighted by Crippen LogP contribution is 2.33. The Bertz CT molecular complexity index is 965. The van der Waals surface area contributed by atoms with E-state index in [0.29, 0.717) is 11.3 Å². The van der Waals surface area contributed by atoms with Crippen LogP contribution in [0.25, 0.3) is 16.9 Å². The molecule has 3 aromatic rings. The molecule has 140 valence electrons. The quantitative estimate of drug-likeness (QED) is 0.739. The van der Waals surface area contributed by atoms with E-state index in [0.717, 1.165) is 10.7 Å². The van der Waals surface area contributed by atoms with E-state index in [4.69, 9.17) is 10.5 Å². The van der Waals surface area contributed by atoms with Crippen molar-refractivity contribution in [3.05, 3.63) is 59.9 Å². The smallest absolute Gasteiger partial charge is 0.433 e. The third-order valence-corrected chi connectivity index (χ3v) is 3.73. The molecule has 0 aliphatic heterocycles. The number of pyridine rings is 1. The van der Waals surface area contributed by atoms with Gasteiger partial charge >= 0.3 is 6.18 Å². The van der Waals surface area contributed by atoms with Gasteiger partial charge in [0.25, 0.3) is 0 Å². The first-order valence-corrected chi connectivity index (χ1v) is 7.97. The van der Waals surface area contributed by atoms with Crippen LogP contribution in [0.5, 0.6) is 5.88 Å². The summed E-state index contributed by atoms with van der Waals surface area (Å²) in [6.07, 6.45) is -3.37. The van der Waals surface area contributed by atoms with Gasteiger partial charge in [0.15, 0.2) is 5.69 Å². The predicted molar refractivity (Wildman–Crippen MR) is 91.5 cm³/mol. The highest BCUT2D eigenvalue weighted by atomic mass is 19.4. The SMILES string of the molecule is CCOc1cc(C(F)(F)F)n(-c2ccc(-c3ccccc3C(N)=O)nc2)n1. The van der Waals surface area contributed by atoms with Crippen molar-refractivity contribution in [1.29, 1.82) is 0 Å². The minimum Gasteiger partial charge on any atom is -0.477 e. The minimum absolute atomic E-state index is 0.105. The van der Waals surface area contributed by atoms with Gasteiger partial charge in [0, 0.05) is 17.2 Å². The second kappa shape index (κ2) is 7.10. The lowest BCUT2D eigenvalue weighted by atomic mass is 10.0. The molecule has 0 aliphatic rings. The van der Waals surface area contributed by atoms with E-state index in [1.165, 1.54) is 18.3 Å². The maximum Gasteiger partial charge on any atom is 0.433 e. The fourth-order valence-electron chi connectivity index (χ4n) is 2.57. The number of amides is 1. The molecular formula is C18H15F3N4O2. The summed E-state index contributed by atoms with van der Waals surface area (Å²) < 4.78 is 45.7. The fraction of sp³-hybridized carbons (Fsp3) is 0.167. The Balaban J connectivity index is 2.03. The molecule has 0 radical (unpaired) electrons. The number of alkyl halides is 3. The second-order valence-corrected chi connectivity index (χ2v) is 5.52. The normalized spacial score (nSPS) is 11.4. The number of aromatic nitrogens is 3. The average Bonchev–Trinajstić information content (AvgIpc) is 3.06. The van der Waals surface area contributed by atoms with Gasteiger partial charge in [-0.1, -0.05) is 18.2 Å². The van der Waals surface area contributed by atoms with E-state index in [2.05, 4.69) is 10.1 Å². The Morgan fingerprint density at radius 3 is 2.56 bits per heavy atom. The van der Waals surface area contributed by atoms with Gasteiger partial charge in [-0.3, -0.25) is 9.78 Å². The summed E-state index contributed by atoms with van der Waals surface area (Å²) in [4.78, 5) is 15.7. The van der Waals surface area contributed by atoms with Crippen LogP contribution in [0.4, 0.5) is 13.2 Å². The summed E-state index contributed by atoms with van der Waals surface area (Å²) >= 11 is 0. The summed E-state index contributed by atoms with van der Waals surface area (Å²) in [5, 5.41) is 3.85. The highest BCUT2D eigenvalue weighted by Gasteiger charge is 2.36. The molecule has 2 N–H and O–H groups in total. The zero-order valence-electron chi connectivity index (χ0n) is 14.2. The zero-order chi connectivity index (χ0) is 19.6. The van der Waals surface area contributed by atoms with Gasteiger partial charge in [-0.2, -0.15) is 13.2 Å². The molecule has 0 atom stereocenters. The van der Waals surface area contributed by atoms with Gasteiger partial charge in [-0.15, -0.1) is 5.10 Å². The third-order valence-electron chi connectivity index (χ3n) is 3.73. The molecule has 6 nitrogen and oxygen atoms in total. The number of benzene rings is 1. The number of hydrogen-bond acceptors (Lipinski definition) is 4. The first kappa shape index (κ1) is 18.4. The molecule has 9 heteroatoms. The van der Waals surface area contributed by atoms with E-state index in [1.807, 2.05) is 0 Å². The standard InChI is InChI=1S/C18H15F3N4O2/c1-2-27-16-9-15(18(19,20)21)25(24-16)11-7-8-14(23-10-11)12-5-3-4-6-13(12)17(22)26/h3-10H,2H2,1H3,(H2,22,26). The predicted octanol–water partition coefficient (Wildman–Crippen LogP) is 3.45. The van der Waals surface area contributed by atoms with Gasteiger partial charge in [0.1, 0.15) is 0 Å². The number of ether oxygens (including phenoxy) is 1. The van der Waals surface area contributed by atoms with Crippen LogP contribution in [0.2, 0.25) is 0 Å². The van der Waals surface area contributed by atoms with Crippen molar-refractivity contribution in [3.63, 3.8) is 0 Å². The molecule has 3 rings (SSSR count). The van der Waals surface area contributed by atoms with Crippen molar-refractivity contribution < 1.29 is 22.7 Å². The van der Waals surface area contributed by atoms with Gasteiger partial charge in [-0.25, -0.2) is 4.68 Å². The van der Waals surface area contributed by atoms with Crippen molar-refractivity contribution >= 4 is 5.91 Å². The van der Waals surface area contributed by atoms with Gasteiger partial charge in [-0.05, 0) is 25.1 Å². The molecule has 1 amide bonds. The number of primary amides is 1. The number of halogens is 3. The maximum atomic E-state index is 13.3. The van der Waals surface area contributed by atoms with Crippen molar-refractivity contribution in [2.24, 2.45) is 5.73 Å². The summed E-state index contributed by atoms with van der Waals surface area (Å²) in [5.74, 6) is -0.753. The first-order chi connectivity index (χ1) is 12.8. The number of nitrogens with two attached hydrogens (primary N) is 1. The molecular weight excluding hydrogens is 361 g/mol. The van der Waals surface area contributed by atoms with E-state index < -0.39 is 17.8 Å². The Kier molecular flexibility index (Phi) is 4.85. The minimum atomic E-state index is -4.61. The Morgan fingerprint density at radius 2 is 1.96 bits per heavy atom. The van der Waals surface area contributed by atoms with Gasteiger partial charge in [0.2, 0.25) is 11.8 Å². The van der Waals surface area contributed by atoms with Crippen LogP contribution in [0.1, 0.15) is 23.0 Å². The van der Waals surface area contributed by atoms with Crippen LogP contribution >= 0.6 is 0 Å².